The molecule has 148 valence electrons. The van der Waals surface area contributed by atoms with E-state index in [9.17, 15) is 26.4 Å². The predicted molar refractivity (Wildman–Crippen MR) is 101 cm³/mol. The van der Waals surface area contributed by atoms with E-state index in [1.54, 1.807) is 30.5 Å². The zero-order chi connectivity index (χ0) is 20.5. The Hall–Kier alpha value is -3.01. The van der Waals surface area contributed by atoms with E-state index in [0.717, 1.165) is 29.3 Å². The highest BCUT2D eigenvalue weighted by molar-refractivity contribution is 7.92. The molecule has 0 aliphatic carbocycles. The Morgan fingerprint density at radius 1 is 1.14 bits per heavy atom. The summed E-state index contributed by atoms with van der Waals surface area (Å²) >= 11 is 0. The second-order valence-electron chi connectivity index (χ2n) is 6.15. The number of hydrogen-bond donors (Lipinski definition) is 2. The Labute approximate surface area is 159 Å². The lowest BCUT2D eigenvalue weighted by atomic mass is 10.2. The van der Waals surface area contributed by atoms with Gasteiger partial charge in [-0.15, -0.1) is 0 Å². The highest BCUT2D eigenvalue weighted by atomic mass is 32.2. The quantitative estimate of drug-likeness (QED) is 0.673. The van der Waals surface area contributed by atoms with Crippen molar-refractivity contribution in [1.29, 1.82) is 0 Å². The number of H-pyrrole nitrogens is 1. The van der Waals surface area contributed by atoms with E-state index >= 15 is 0 Å². The fourth-order valence-corrected chi connectivity index (χ4v) is 3.55. The summed E-state index contributed by atoms with van der Waals surface area (Å²) in [7, 11) is -3.99. The molecule has 1 amide bonds. The van der Waals surface area contributed by atoms with Crippen molar-refractivity contribution in [3.05, 3.63) is 60.3 Å². The molecule has 28 heavy (non-hydrogen) atoms. The smallest absolute Gasteiger partial charge is 0.361 e. The number of aromatic nitrogens is 1. The van der Waals surface area contributed by atoms with Gasteiger partial charge in [-0.1, -0.05) is 6.07 Å². The van der Waals surface area contributed by atoms with Crippen molar-refractivity contribution in [1.82, 2.24) is 4.98 Å². The summed E-state index contributed by atoms with van der Waals surface area (Å²) in [5.74, 6) is -0.683. The number of aromatic amines is 1. The number of fused-ring (bicyclic) bond motifs is 1. The number of sulfonamides is 1. The van der Waals surface area contributed by atoms with Gasteiger partial charge in [0.25, 0.3) is 0 Å². The minimum Gasteiger partial charge on any atom is -0.361 e. The normalized spacial score (nSPS) is 12.1. The summed E-state index contributed by atoms with van der Waals surface area (Å²) in [6.07, 6.45) is -2.07. The standard InChI is InChI=1S/C18H16F3N3O3S/c1-28(26,27)24(15-4-2-3-13(10-15)18(19,20)21)11-17(25)23-14-5-6-16-12(9-14)7-8-22-16/h2-10,22H,11H2,1H3,(H,23,25). The summed E-state index contributed by atoms with van der Waals surface area (Å²) < 4.78 is 63.6. The molecule has 10 heteroatoms. The average Bonchev–Trinajstić information content (AvgIpc) is 3.06. The summed E-state index contributed by atoms with van der Waals surface area (Å²) in [5.41, 5.74) is 0.0554. The van der Waals surface area contributed by atoms with E-state index in [1.807, 2.05) is 0 Å². The van der Waals surface area contributed by atoms with Crippen LogP contribution in [-0.2, 0) is 21.0 Å². The van der Waals surface area contributed by atoms with Gasteiger partial charge >= 0.3 is 6.18 Å². The van der Waals surface area contributed by atoms with E-state index in [0.29, 0.717) is 16.1 Å². The first kappa shape index (κ1) is 19.7. The van der Waals surface area contributed by atoms with Crippen molar-refractivity contribution in [2.45, 2.75) is 6.18 Å². The fraction of sp³-hybridized carbons (Fsp3) is 0.167. The fourth-order valence-electron chi connectivity index (χ4n) is 2.70. The molecule has 6 nitrogen and oxygen atoms in total. The lowest BCUT2D eigenvalue weighted by molar-refractivity contribution is -0.137. The maximum absolute atomic E-state index is 12.9. The van der Waals surface area contributed by atoms with Crippen LogP contribution in [0, 0.1) is 0 Å². The van der Waals surface area contributed by atoms with Gasteiger partial charge in [0.15, 0.2) is 0 Å². The van der Waals surface area contributed by atoms with Crippen molar-refractivity contribution >= 4 is 38.2 Å². The first-order valence-corrected chi connectivity index (χ1v) is 9.91. The van der Waals surface area contributed by atoms with Gasteiger partial charge in [-0.25, -0.2) is 8.42 Å². The summed E-state index contributed by atoms with van der Waals surface area (Å²) in [5, 5.41) is 3.40. The van der Waals surface area contributed by atoms with E-state index < -0.39 is 34.2 Å². The number of carbonyl (C=O) groups excluding carboxylic acids is 1. The minimum atomic E-state index is -4.63. The lowest BCUT2D eigenvalue weighted by Crippen LogP contribution is -2.37. The van der Waals surface area contributed by atoms with Crippen molar-refractivity contribution in [2.75, 3.05) is 22.4 Å². The van der Waals surface area contributed by atoms with E-state index in [1.165, 1.54) is 6.07 Å². The largest absolute Gasteiger partial charge is 0.416 e. The monoisotopic (exact) mass is 411 g/mol. The number of benzene rings is 2. The molecule has 2 N–H and O–H groups in total. The number of rotatable bonds is 5. The summed E-state index contributed by atoms with van der Waals surface area (Å²) in [4.78, 5) is 15.4. The summed E-state index contributed by atoms with van der Waals surface area (Å²) in [6, 6.07) is 10.7. The van der Waals surface area contributed by atoms with Crippen molar-refractivity contribution < 1.29 is 26.4 Å². The van der Waals surface area contributed by atoms with Crippen LogP contribution < -0.4 is 9.62 Å². The molecule has 3 aromatic rings. The average molecular weight is 411 g/mol. The molecular weight excluding hydrogens is 395 g/mol. The lowest BCUT2D eigenvalue weighted by Gasteiger charge is -2.22. The third kappa shape index (κ3) is 4.45. The van der Waals surface area contributed by atoms with E-state index in [-0.39, 0.29) is 5.69 Å². The molecule has 2 aromatic carbocycles. The van der Waals surface area contributed by atoms with Crippen molar-refractivity contribution in [3.8, 4) is 0 Å². The first-order valence-electron chi connectivity index (χ1n) is 8.06. The van der Waals surface area contributed by atoms with Crippen LogP contribution >= 0.6 is 0 Å². The van der Waals surface area contributed by atoms with Gasteiger partial charge < -0.3 is 10.3 Å². The molecule has 0 saturated heterocycles. The number of carbonyl (C=O) groups is 1. The van der Waals surface area contributed by atoms with Crippen molar-refractivity contribution in [3.63, 3.8) is 0 Å². The molecule has 0 radical (unpaired) electrons. The van der Waals surface area contributed by atoms with Crippen LogP contribution in [0.15, 0.2) is 54.7 Å². The van der Waals surface area contributed by atoms with Crippen molar-refractivity contribution in [2.24, 2.45) is 0 Å². The highest BCUT2D eigenvalue weighted by Crippen LogP contribution is 2.32. The highest BCUT2D eigenvalue weighted by Gasteiger charge is 2.32. The number of nitrogens with zero attached hydrogens (tertiary/aromatic N) is 1. The molecule has 0 unspecified atom stereocenters. The molecule has 3 rings (SSSR count). The van der Waals surface area contributed by atoms with Gasteiger partial charge in [-0.2, -0.15) is 13.2 Å². The Kier molecular flexibility index (Phi) is 5.07. The van der Waals surface area contributed by atoms with Crippen LogP contribution in [0.4, 0.5) is 24.5 Å². The number of anilines is 2. The molecule has 0 bridgehead atoms. The molecule has 0 aliphatic rings. The van der Waals surface area contributed by atoms with Gasteiger partial charge in [0.05, 0.1) is 17.5 Å². The Morgan fingerprint density at radius 2 is 1.89 bits per heavy atom. The zero-order valence-corrected chi connectivity index (χ0v) is 15.4. The third-order valence-electron chi connectivity index (χ3n) is 3.99. The number of amides is 1. The first-order chi connectivity index (χ1) is 13.0. The second-order valence-corrected chi connectivity index (χ2v) is 8.05. The van der Waals surface area contributed by atoms with Crippen LogP contribution in [0.2, 0.25) is 0 Å². The van der Waals surface area contributed by atoms with Gasteiger partial charge in [0.2, 0.25) is 15.9 Å². The molecule has 0 fully saturated rings. The maximum Gasteiger partial charge on any atom is 0.416 e. The Balaban J connectivity index is 1.84. The molecule has 0 aliphatic heterocycles. The number of halogens is 3. The van der Waals surface area contributed by atoms with Crippen LogP contribution in [0.5, 0.6) is 0 Å². The Morgan fingerprint density at radius 3 is 2.57 bits per heavy atom. The van der Waals surface area contributed by atoms with Crippen LogP contribution in [0.1, 0.15) is 5.56 Å². The molecule has 1 heterocycles. The van der Waals surface area contributed by atoms with Crippen LogP contribution in [0.3, 0.4) is 0 Å². The predicted octanol–water partition coefficient (Wildman–Crippen LogP) is 3.59. The molecule has 0 saturated carbocycles. The Bertz CT molecular complexity index is 1120. The third-order valence-corrected chi connectivity index (χ3v) is 5.13. The van der Waals surface area contributed by atoms with Gasteiger partial charge in [-0.3, -0.25) is 9.10 Å². The number of alkyl halides is 3. The number of nitrogens with one attached hydrogen (secondary N) is 2. The zero-order valence-electron chi connectivity index (χ0n) is 14.6. The van der Waals surface area contributed by atoms with Gasteiger partial charge in [-0.05, 0) is 42.5 Å². The topological polar surface area (TPSA) is 82.3 Å². The van der Waals surface area contributed by atoms with Gasteiger partial charge in [0, 0.05) is 22.8 Å². The van der Waals surface area contributed by atoms with E-state index in [4.69, 9.17) is 0 Å². The maximum atomic E-state index is 12.9. The molecular formula is C18H16F3N3O3S. The molecule has 0 atom stereocenters. The van der Waals surface area contributed by atoms with E-state index in [2.05, 4.69) is 10.3 Å². The SMILES string of the molecule is CS(=O)(=O)N(CC(=O)Nc1ccc2[nH]ccc2c1)c1cccc(C(F)(F)F)c1. The van der Waals surface area contributed by atoms with Crippen LogP contribution in [0.25, 0.3) is 10.9 Å². The minimum absolute atomic E-state index is 0.242. The summed E-state index contributed by atoms with van der Waals surface area (Å²) in [6.45, 7) is -0.661. The second kappa shape index (κ2) is 7.19. The van der Waals surface area contributed by atoms with Crippen LogP contribution in [-0.4, -0.2) is 32.1 Å². The van der Waals surface area contributed by atoms with Gasteiger partial charge in [0.1, 0.15) is 6.54 Å². The molecule has 0 spiro atoms. The molecule has 1 aromatic heterocycles. The number of hydrogen-bond acceptors (Lipinski definition) is 3.